The zero-order chi connectivity index (χ0) is 14.4. The highest BCUT2D eigenvalue weighted by Crippen LogP contribution is 2.03. The second kappa shape index (κ2) is 7.28. The van der Waals surface area contributed by atoms with Crippen molar-refractivity contribution in [2.75, 3.05) is 0 Å². The van der Waals surface area contributed by atoms with Crippen LogP contribution in [0.1, 0.15) is 45.2 Å². The van der Waals surface area contributed by atoms with Gasteiger partial charge in [-0.1, -0.05) is 26.2 Å². The van der Waals surface area contributed by atoms with Crippen molar-refractivity contribution in [3.8, 4) is 0 Å². The maximum absolute atomic E-state index is 11.8. The van der Waals surface area contributed by atoms with Crippen molar-refractivity contribution in [2.24, 2.45) is 14.1 Å². The quantitative estimate of drug-likeness (QED) is 0.754. The second-order valence-electron chi connectivity index (χ2n) is 5.15. The predicted molar refractivity (Wildman–Crippen MR) is 77.4 cm³/mol. The highest BCUT2D eigenvalue weighted by Gasteiger charge is 2.07. The van der Waals surface area contributed by atoms with Gasteiger partial charge in [0.15, 0.2) is 0 Å². The molecule has 1 aromatic rings. The van der Waals surface area contributed by atoms with Gasteiger partial charge in [0.2, 0.25) is 0 Å². The molecule has 1 heterocycles. The van der Waals surface area contributed by atoms with E-state index < -0.39 is 0 Å². The summed E-state index contributed by atoms with van der Waals surface area (Å²) in [4.78, 5) is 23.4. The van der Waals surface area contributed by atoms with Crippen molar-refractivity contribution in [1.82, 2.24) is 14.5 Å². The molecule has 1 rings (SSSR count). The van der Waals surface area contributed by atoms with Gasteiger partial charge < -0.3 is 5.32 Å². The molecule has 1 aromatic heterocycles. The fraction of sp³-hybridized carbons (Fsp3) is 0.714. The number of nitrogens with one attached hydrogen (secondary N) is 1. The standard InChI is InChI=1S/C14H25N3O2/c1-5-6-7-8-11(2)15-10-12-9-13(18)17(4)14(19)16(12)3/h9,11,15H,5-8,10H2,1-4H3. The first kappa shape index (κ1) is 15.7. The maximum Gasteiger partial charge on any atom is 0.330 e. The Morgan fingerprint density at radius 1 is 1.21 bits per heavy atom. The van der Waals surface area contributed by atoms with E-state index in [1.54, 1.807) is 7.05 Å². The summed E-state index contributed by atoms with van der Waals surface area (Å²) in [5.74, 6) is 0. The van der Waals surface area contributed by atoms with Crippen molar-refractivity contribution in [1.29, 1.82) is 0 Å². The van der Waals surface area contributed by atoms with Gasteiger partial charge in [-0.05, 0) is 13.3 Å². The zero-order valence-corrected chi connectivity index (χ0v) is 12.4. The average molecular weight is 267 g/mol. The van der Waals surface area contributed by atoms with Gasteiger partial charge in [0.25, 0.3) is 5.56 Å². The first-order chi connectivity index (χ1) is 8.97. The largest absolute Gasteiger partial charge is 0.330 e. The van der Waals surface area contributed by atoms with Crippen LogP contribution in [0.5, 0.6) is 0 Å². The molecule has 0 saturated carbocycles. The SMILES string of the molecule is CCCCCC(C)NCc1cc(=O)n(C)c(=O)n1C. The summed E-state index contributed by atoms with van der Waals surface area (Å²) in [6, 6.07) is 1.92. The Morgan fingerprint density at radius 2 is 1.89 bits per heavy atom. The summed E-state index contributed by atoms with van der Waals surface area (Å²) in [7, 11) is 3.19. The number of rotatable bonds is 7. The molecule has 5 heteroatoms. The first-order valence-corrected chi connectivity index (χ1v) is 6.96. The molecule has 0 bridgehead atoms. The normalized spacial score (nSPS) is 12.6. The Labute approximate surface area is 114 Å². The van der Waals surface area contributed by atoms with E-state index in [4.69, 9.17) is 0 Å². The van der Waals surface area contributed by atoms with E-state index in [1.165, 1.54) is 36.9 Å². The van der Waals surface area contributed by atoms with E-state index >= 15 is 0 Å². The molecule has 0 amide bonds. The van der Waals surface area contributed by atoms with Crippen LogP contribution in [0.15, 0.2) is 15.7 Å². The van der Waals surface area contributed by atoms with Crippen LogP contribution in [0.3, 0.4) is 0 Å². The third kappa shape index (κ3) is 4.35. The van der Waals surface area contributed by atoms with Gasteiger partial charge in [-0.2, -0.15) is 0 Å². The predicted octanol–water partition coefficient (Wildman–Crippen LogP) is 1.14. The molecule has 0 fully saturated rings. The summed E-state index contributed by atoms with van der Waals surface area (Å²) in [5.41, 5.74) is 0.205. The van der Waals surface area contributed by atoms with Crippen LogP contribution in [-0.4, -0.2) is 15.2 Å². The molecule has 0 saturated heterocycles. The Bertz CT molecular complexity index is 516. The smallest absolute Gasteiger partial charge is 0.309 e. The van der Waals surface area contributed by atoms with Crippen LogP contribution in [0.4, 0.5) is 0 Å². The lowest BCUT2D eigenvalue weighted by atomic mass is 10.1. The fourth-order valence-corrected chi connectivity index (χ4v) is 2.03. The fourth-order valence-electron chi connectivity index (χ4n) is 2.03. The summed E-state index contributed by atoms with van der Waals surface area (Å²) in [6.45, 7) is 4.87. The van der Waals surface area contributed by atoms with Crippen LogP contribution in [0, 0.1) is 0 Å². The minimum atomic E-state index is -0.275. The minimum Gasteiger partial charge on any atom is -0.309 e. The Hall–Kier alpha value is -1.36. The second-order valence-corrected chi connectivity index (χ2v) is 5.15. The monoisotopic (exact) mass is 267 g/mol. The van der Waals surface area contributed by atoms with Gasteiger partial charge in [-0.25, -0.2) is 4.79 Å². The van der Waals surface area contributed by atoms with Gasteiger partial charge in [0.1, 0.15) is 0 Å². The molecular formula is C14H25N3O2. The molecule has 0 spiro atoms. The van der Waals surface area contributed by atoms with Gasteiger partial charge in [-0.3, -0.25) is 13.9 Å². The summed E-state index contributed by atoms with van der Waals surface area (Å²) in [5, 5.41) is 3.36. The van der Waals surface area contributed by atoms with Crippen LogP contribution in [0.25, 0.3) is 0 Å². The molecule has 0 aliphatic carbocycles. The molecule has 19 heavy (non-hydrogen) atoms. The molecule has 1 unspecified atom stereocenters. The molecular weight excluding hydrogens is 242 g/mol. The van der Waals surface area contributed by atoms with Gasteiger partial charge in [0.05, 0.1) is 0 Å². The molecule has 0 aliphatic heterocycles. The van der Waals surface area contributed by atoms with Gasteiger partial charge in [0, 0.05) is 38.4 Å². The van der Waals surface area contributed by atoms with Crippen LogP contribution in [0.2, 0.25) is 0 Å². The zero-order valence-electron chi connectivity index (χ0n) is 12.4. The lowest BCUT2D eigenvalue weighted by Crippen LogP contribution is -2.39. The van der Waals surface area contributed by atoms with Crippen LogP contribution in [-0.2, 0) is 20.6 Å². The van der Waals surface area contributed by atoms with Gasteiger partial charge in [-0.15, -0.1) is 0 Å². The van der Waals surface area contributed by atoms with Crippen molar-refractivity contribution >= 4 is 0 Å². The molecule has 0 radical (unpaired) electrons. The summed E-state index contributed by atoms with van der Waals surface area (Å²) >= 11 is 0. The van der Waals surface area contributed by atoms with Crippen molar-refractivity contribution < 1.29 is 0 Å². The van der Waals surface area contributed by atoms with Crippen LogP contribution >= 0.6 is 0 Å². The minimum absolute atomic E-state index is 0.251. The Kier molecular flexibility index (Phi) is 6.02. The highest BCUT2D eigenvalue weighted by atomic mass is 16.2. The molecule has 5 nitrogen and oxygen atoms in total. The maximum atomic E-state index is 11.8. The average Bonchev–Trinajstić information content (AvgIpc) is 2.39. The Morgan fingerprint density at radius 3 is 2.53 bits per heavy atom. The number of hydrogen-bond donors (Lipinski definition) is 1. The molecule has 0 aliphatic rings. The number of nitrogens with zero attached hydrogens (tertiary/aromatic N) is 2. The summed E-state index contributed by atoms with van der Waals surface area (Å²) < 4.78 is 2.64. The molecule has 1 atom stereocenters. The van der Waals surface area contributed by atoms with E-state index in [9.17, 15) is 9.59 Å². The van der Waals surface area contributed by atoms with Crippen molar-refractivity contribution in [3.63, 3.8) is 0 Å². The van der Waals surface area contributed by atoms with Crippen LogP contribution < -0.4 is 16.6 Å². The lowest BCUT2D eigenvalue weighted by Gasteiger charge is -2.15. The Balaban J connectivity index is 2.64. The van der Waals surface area contributed by atoms with E-state index in [-0.39, 0.29) is 11.2 Å². The van der Waals surface area contributed by atoms with Gasteiger partial charge >= 0.3 is 5.69 Å². The third-order valence-electron chi connectivity index (χ3n) is 3.50. The lowest BCUT2D eigenvalue weighted by molar-refractivity contribution is 0.474. The van der Waals surface area contributed by atoms with E-state index in [0.717, 1.165) is 16.7 Å². The molecule has 0 aromatic carbocycles. The first-order valence-electron chi connectivity index (χ1n) is 6.96. The number of aromatic nitrogens is 2. The topological polar surface area (TPSA) is 56.0 Å². The third-order valence-corrected chi connectivity index (χ3v) is 3.50. The molecule has 108 valence electrons. The summed E-state index contributed by atoms with van der Waals surface area (Å²) in [6.07, 6.45) is 4.79. The van der Waals surface area contributed by atoms with E-state index in [0.29, 0.717) is 12.6 Å². The van der Waals surface area contributed by atoms with Crippen molar-refractivity contribution in [3.05, 3.63) is 32.6 Å². The highest BCUT2D eigenvalue weighted by molar-refractivity contribution is 5.02. The number of unbranched alkanes of at least 4 members (excludes halogenated alkanes) is 2. The number of hydrogen-bond acceptors (Lipinski definition) is 3. The van der Waals surface area contributed by atoms with E-state index in [2.05, 4.69) is 19.2 Å². The molecule has 1 N–H and O–H groups in total. The van der Waals surface area contributed by atoms with Crippen molar-refractivity contribution in [2.45, 2.75) is 52.1 Å². The van der Waals surface area contributed by atoms with E-state index in [1.807, 2.05) is 0 Å².